The van der Waals surface area contributed by atoms with Crippen LogP contribution in [-0.4, -0.2) is 34.2 Å². The SMILES string of the molecule is CCCCCCCCCCCCCCCCCCc1[nH]cc[n+]1C.CCCCCCCCCCCCCCCCCCn1cc[n+](C)c1.O=S(=O)([O-])C(F)(F)C(F)F.[Cl-]. The van der Waals surface area contributed by atoms with Crippen molar-refractivity contribution < 1.29 is 52.1 Å². The van der Waals surface area contributed by atoms with Gasteiger partial charge in [-0.2, -0.15) is 8.78 Å². The zero-order chi connectivity index (χ0) is 43.2. The molecule has 7 nitrogen and oxygen atoms in total. The highest BCUT2D eigenvalue weighted by molar-refractivity contribution is 7.86. The van der Waals surface area contributed by atoms with E-state index in [1.807, 2.05) is 6.20 Å². The molecule has 1 N–H and O–H groups in total. The van der Waals surface area contributed by atoms with E-state index < -0.39 is 21.8 Å². The lowest BCUT2D eigenvalue weighted by Crippen LogP contribution is -3.00. The molecule has 0 saturated carbocycles. The fourth-order valence-electron chi connectivity index (χ4n) is 7.11. The van der Waals surface area contributed by atoms with Gasteiger partial charge in [0.05, 0.1) is 20.6 Å². The molecule has 0 aromatic carbocycles. The second-order valence-corrected chi connectivity index (χ2v) is 18.0. The van der Waals surface area contributed by atoms with Gasteiger partial charge in [-0.15, -0.1) is 0 Å². The number of nitrogens with one attached hydrogen (secondary N) is 1. The normalized spacial score (nSPS) is 11.6. The van der Waals surface area contributed by atoms with E-state index in [-0.39, 0.29) is 12.4 Å². The molecule has 0 aliphatic heterocycles. The molecule has 0 atom stereocenters. The predicted octanol–water partition coefficient (Wildman–Crippen LogP) is 10.6. The standard InChI is InChI=1S/C22H43N2.C22H42N2.C2H2F4O3S.ClH/c1-3-4-5-6-7-8-9-10-11-12-13-14-15-16-17-18-19-24-21-20-23(2)22-24;1-3-4-5-6-7-8-9-10-11-12-13-14-15-16-17-18-19-22-23-20-21-24(22)2;3-1(4)2(5,6)10(7,8)9;/h20-22H,3-19H2,1-2H3;20-21H,3-19H2,1-2H3;1H,(H,7,8,9);1H/q+1;;;/p-1. The van der Waals surface area contributed by atoms with Crippen molar-refractivity contribution in [1.82, 2.24) is 9.55 Å². The molecule has 0 spiro atoms. The van der Waals surface area contributed by atoms with Crippen LogP contribution >= 0.6 is 0 Å². The number of alkyl halides is 4. The molecule has 0 saturated heterocycles. The van der Waals surface area contributed by atoms with Crippen molar-refractivity contribution in [2.75, 3.05) is 0 Å². The van der Waals surface area contributed by atoms with Crippen LogP contribution in [0.1, 0.15) is 225 Å². The van der Waals surface area contributed by atoms with Crippen molar-refractivity contribution in [3.05, 3.63) is 36.9 Å². The van der Waals surface area contributed by atoms with Crippen LogP contribution in [0.2, 0.25) is 0 Å². The maximum Gasteiger partial charge on any atom is 0.393 e. The Kier molecular flexibility index (Phi) is 40.7. The molecule has 59 heavy (non-hydrogen) atoms. The minimum atomic E-state index is -6.23. The first kappa shape index (κ1) is 59.4. The van der Waals surface area contributed by atoms with Crippen molar-refractivity contribution in [2.24, 2.45) is 14.1 Å². The average molecular weight is 888 g/mol. The summed E-state index contributed by atoms with van der Waals surface area (Å²) in [7, 11) is -2.02. The summed E-state index contributed by atoms with van der Waals surface area (Å²) >= 11 is 0. The van der Waals surface area contributed by atoms with E-state index in [9.17, 15) is 30.5 Å². The first-order chi connectivity index (χ1) is 27.9. The van der Waals surface area contributed by atoms with Gasteiger partial charge in [-0.05, 0) is 19.3 Å². The van der Waals surface area contributed by atoms with Gasteiger partial charge in [0.2, 0.25) is 6.33 Å². The predicted molar refractivity (Wildman–Crippen MR) is 231 cm³/mol. The van der Waals surface area contributed by atoms with Gasteiger partial charge in [-0.1, -0.05) is 200 Å². The smallest absolute Gasteiger partial charge is 0.393 e. The summed E-state index contributed by atoms with van der Waals surface area (Å²) in [6, 6.07) is 0. The topological polar surface area (TPSA) is 85.7 Å². The van der Waals surface area contributed by atoms with Crippen LogP contribution in [0.5, 0.6) is 0 Å². The van der Waals surface area contributed by atoms with E-state index in [2.05, 4.69) is 71.5 Å². The number of H-pyrrole nitrogens is 1. The number of nitrogens with zero attached hydrogens (tertiary/aromatic N) is 3. The first-order valence-electron chi connectivity index (χ1n) is 23.5. The third kappa shape index (κ3) is 35.6. The number of aromatic amines is 1. The lowest BCUT2D eigenvalue weighted by atomic mass is 10.0. The highest BCUT2D eigenvalue weighted by Crippen LogP contribution is 2.27. The molecule has 0 aliphatic rings. The number of hydrogen-bond donors (Lipinski definition) is 1. The Balaban J connectivity index is 0. The number of aryl methyl sites for hydroxylation is 4. The Labute approximate surface area is 365 Å². The largest absolute Gasteiger partial charge is 1.00 e. The fourth-order valence-corrected chi connectivity index (χ4v) is 7.33. The summed E-state index contributed by atoms with van der Waals surface area (Å²) in [5.41, 5.74) is 0. The Hall–Kier alpha value is -1.66. The minimum absolute atomic E-state index is 0. The molecule has 0 radical (unpaired) electrons. The summed E-state index contributed by atoms with van der Waals surface area (Å²) in [5, 5.41) is -5.48. The van der Waals surface area contributed by atoms with E-state index >= 15 is 0 Å². The van der Waals surface area contributed by atoms with Crippen molar-refractivity contribution in [1.29, 1.82) is 0 Å². The lowest BCUT2D eigenvalue weighted by molar-refractivity contribution is -0.677. The van der Waals surface area contributed by atoms with Crippen LogP contribution in [0.15, 0.2) is 31.1 Å². The Bertz CT molecular complexity index is 1280. The zero-order valence-corrected chi connectivity index (χ0v) is 39.4. The highest BCUT2D eigenvalue weighted by Gasteiger charge is 2.48. The van der Waals surface area contributed by atoms with E-state index in [1.165, 1.54) is 224 Å². The van der Waals surface area contributed by atoms with E-state index in [0.29, 0.717) is 0 Å². The third-order valence-electron chi connectivity index (χ3n) is 10.9. The summed E-state index contributed by atoms with van der Waals surface area (Å²) in [4.78, 5) is 3.32. The molecule has 2 aromatic rings. The fraction of sp³-hybridized carbons (Fsp3) is 0.870. The maximum absolute atomic E-state index is 11.4. The van der Waals surface area contributed by atoms with Crippen LogP contribution < -0.4 is 21.5 Å². The van der Waals surface area contributed by atoms with Crippen LogP contribution in [0.3, 0.4) is 0 Å². The molecular formula is C46H87ClF4N4O3S. The molecule has 350 valence electrons. The van der Waals surface area contributed by atoms with Gasteiger partial charge < -0.3 is 17.0 Å². The molecule has 0 fully saturated rings. The molecule has 0 amide bonds. The average Bonchev–Trinajstić information content (AvgIpc) is 3.80. The van der Waals surface area contributed by atoms with Gasteiger partial charge >= 0.3 is 11.7 Å². The summed E-state index contributed by atoms with van der Waals surface area (Å²) in [6.45, 7) is 5.77. The lowest BCUT2D eigenvalue weighted by Gasteiger charge is -2.17. The summed E-state index contributed by atoms with van der Waals surface area (Å²) < 4.78 is 79.3. The van der Waals surface area contributed by atoms with Crippen molar-refractivity contribution in [2.45, 2.75) is 244 Å². The van der Waals surface area contributed by atoms with Gasteiger partial charge in [-0.25, -0.2) is 35.9 Å². The molecule has 13 heteroatoms. The van der Waals surface area contributed by atoms with Gasteiger partial charge in [0.15, 0.2) is 10.1 Å². The monoisotopic (exact) mass is 887 g/mol. The zero-order valence-electron chi connectivity index (χ0n) is 37.9. The van der Waals surface area contributed by atoms with Crippen LogP contribution in [0.4, 0.5) is 17.6 Å². The molecule has 0 aliphatic carbocycles. The van der Waals surface area contributed by atoms with Crippen LogP contribution in [-0.2, 0) is 37.2 Å². The van der Waals surface area contributed by atoms with Gasteiger partial charge in [-0.3, -0.25) is 0 Å². The number of aromatic nitrogens is 4. The number of rotatable bonds is 36. The van der Waals surface area contributed by atoms with E-state index in [1.54, 1.807) is 0 Å². The first-order valence-corrected chi connectivity index (χ1v) is 24.9. The second-order valence-electron chi connectivity index (χ2n) is 16.5. The maximum atomic E-state index is 11.4. The van der Waals surface area contributed by atoms with Gasteiger partial charge in [0, 0.05) is 6.42 Å². The molecule has 2 heterocycles. The molecule has 0 bridgehead atoms. The van der Waals surface area contributed by atoms with E-state index in [4.69, 9.17) is 0 Å². The van der Waals surface area contributed by atoms with Crippen molar-refractivity contribution in [3.63, 3.8) is 0 Å². The molecular weight excluding hydrogens is 800 g/mol. The number of halogens is 5. The Morgan fingerprint density at radius 3 is 1.20 bits per heavy atom. The number of unbranched alkanes of at least 4 members (excludes halogenated alkanes) is 30. The highest BCUT2D eigenvalue weighted by atomic mass is 35.5. The number of hydrogen-bond acceptors (Lipinski definition) is 3. The summed E-state index contributed by atoms with van der Waals surface area (Å²) in [6.07, 6.45) is 53.4. The van der Waals surface area contributed by atoms with Crippen LogP contribution in [0.25, 0.3) is 0 Å². The molecule has 2 aromatic heterocycles. The summed E-state index contributed by atoms with van der Waals surface area (Å²) in [5.74, 6) is 1.36. The van der Waals surface area contributed by atoms with Crippen molar-refractivity contribution in [3.8, 4) is 0 Å². The molecule has 2 rings (SSSR count). The van der Waals surface area contributed by atoms with Gasteiger partial charge in [0.25, 0.3) is 5.82 Å². The number of imidazole rings is 2. The van der Waals surface area contributed by atoms with Crippen molar-refractivity contribution >= 4 is 10.1 Å². The molecule has 0 unspecified atom stereocenters. The Morgan fingerprint density at radius 2 is 0.949 bits per heavy atom. The van der Waals surface area contributed by atoms with Crippen LogP contribution in [0, 0.1) is 0 Å². The minimum Gasteiger partial charge on any atom is -1.00 e. The van der Waals surface area contributed by atoms with E-state index in [0.717, 1.165) is 0 Å². The quantitative estimate of drug-likeness (QED) is 0.0320. The third-order valence-corrected chi connectivity index (χ3v) is 11.8. The van der Waals surface area contributed by atoms with Gasteiger partial charge in [0.1, 0.15) is 24.8 Å². The Morgan fingerprint density at radius 1 is 0.610 bits per heavy atom. The second kappa shape index (κ2) is 40.4.